The van der Waals surface area contributed by atoms with Crippen molar-refractivity contribution in [1.82, 2.24) is 5.32 Å². The number of nitrogens with zero attached hydrogens (tertiary/aromatic N) is 1. The number of hydrogen-bond donors (Lipinski definition) is 2. The molecular formula is C5H9N3O. The monoisotopic (exact) mass is 127 g/mol. The van der Waals surface area contributed by atoms with E-state index in [1.165, 1.54) is 0 Å². The average Bonchev–Trinajstić information content (AvgIpc) is 1.89. The van der Waals surface area contributed by atoms with Gasteiger partial charge in [-0.15, -0.1) is 0 Å². The third kappa shape index (κ3) is 1.19. The number of hydrogen-bond acceptors (Lipinski definition) is 3. The maximum absolute atomic E-state index is 10.7. The van der Waals surface area contributed by atoms with Crippen molar-refractivity contribution in [3.05, 3.63) is 0 Å². The number of amides is 1. The molecule has 0 spiro atoms. The molecule has 0 aliphatic carbocycles. The standard InChI is InChI=1S/C5H9N3O/c6-8-4-2-1-3-7-5(4)9/h1-3,6H2,(H,7,9)/b8-4+. The quantitative estimate of drug-likeness (QED) is 0.331. The van der Waals surface area contributed by atoms with Gasteiger partial charge in [-0.25, -0.2) is 0 Å². The molecule has 1 rings (SSSR count). The zero-order chi connectivity index (χ0) is 6.69. The summed E-state index contributed by atoms with van der Waals surface area (Å²) in [5.74, 6) is 4.80. The predicted octanol–water partition coefficient (Wildman–Crippen LogP) is -0.789. The third-order valence-corrected chi connectivity index (χ3v) is 1.29. The molecule has 4 heteroatoms. The molecule has 0 aromatic rings. The zero-order valence-corrected chi connectivity index (χ0v) is 5.05. The van der Waals surface area contributed by atoms with E-state index in [1.807, 2.05) is 0 Å². The fourth-order valence-electron chi connectivity index (χ4n) is 0.796. The topological polar surface area (TPSA) is 67.5 Å². The second-order valence-electron chi connectivity index (χ2n) is 1.94. The highest BCUT2D eigenvalue weighted by atomic mass is 16.2. The highest BCUT2D eigenvalue weighted by Crippen LogP contribution is 1.96. The Labute approximate surface area is 53.1 Å². The van der Waals surface area contributed by atoms with E-state index in [4.69, 9.17) is 5.84 Å². The highest BCUT2D eigenvalue weighted by molar-refractivity contribution is 6.39. The second kappa shape index (κ2) is 2.48. The molecule has 9 heavy (non-hydrogen) atoms. The molecule has 0 aromatic carbocycles. The lowest BCUT2D eigenvalue weighted by molar-refractivity contribution is -0.115. The van der Waals surface area contributed by atoms with Crippen LogP contribution in [0.3, 0.4) is 0 Å². The minimum atomic E-state index is -0.122. The van der Waals surface area contributed by atoms with Gasteiger partial charge in [0.05, 0.1) is 0 Å². The van der Waals surface area contributed by atoms with Crippen LogP contribution < -0.4 is 11.2 Å². The smallest absolute Gasteiger partial charge is 0.267 e. The molecule has 1 fully saturated rings. The Morgan fingerprint density at radius 2 is 2.44 bits per heavy atom. The predicted molar refractivity (Wildman–Crippen MR) is 33.9 cm³/mol. The summed E-state index contributed by atoms with van der Waals surface area (Å²) in [4.78, 5) is 10.7. The van der Waals surface area contributed by atoms with Gasteiger partial charge in [0.2, 0.25) is 0 Å². The van der Waals surface area contributed by atoms with Crippen LogP contribution in [0.5, 0.6) is 0 Å². The van der Waals surface area contributed by atoms with Crippen LogP contribution in [-0.4, -0.2) is 18.2 Å². The molecule has 0 saturated carbocycles. The highest BCUT2D eigenvalue weighted by Gasteiger charge is 2.14. The van der Waals surface area contributed by atoms with Crippen LogP contribution >= 0.6 is 0 Å². The van der Waals surface area contributed by atoms with E-state index in [0.717, 1.165) is 13.0 Å². The largest absolute Gasteiger partial charge is 0.351 e. The number of nitrogens with two attached hydrogens (primary N) is 1. The Morgan fingerprint density at radius 3 is 2.89 bits per heavy atom. The summed E-state index contributed by atoms with van der Waals surface area (Å²) in [6.45, 7) is 0.748. The Kier molecular flexibility index (Phi) is 1.67. The normalized spacial score (nSPS) is 24.0. The Balaban J connectivity index is 2.60. The van der Waals surface area contributed by atoms with Crippen molar-refractivity contribution in [1.29, 1.82) is 0 Å². The number of carbonyl (C=O) groups excluding carboxylic acids is 1. The van der Waals surface area contributed by atoms with Crippen LogP contribution in [0.15, 0.2) is 5.10 Å². The van der Waals surface area contributed by atoms with Crippen LogP contribution in [-0.2, 0) is 4.79 Å². The fourth-order valence-corrected chi connectivity index (χ4v) is 0.796. The lowest BCUT2D eigenvalue weighted by Crippen LogP contribution is -2.37. The molecule has 3 N–H and O–H groups in total. The van der Waals surface area contributed by atoms with E-state index in [1.54, 1.807) is 0 Å². The molecule has 0 atom stereocenters. The lowest BCUT2D eigenvalue weighted by atomic mass is 10.1. The molecule has 0 bridgehead atoms. The first kappa shape index (κ1) is 6.07. The molecule has 4 nitrogen and oxygen atoms in total. The first-order valence-electron chi connectivity index (χ1n) is 2.89. The van der Waals surface area contributed by atoms with Gasteiger partial charge in [-0.3, -0.25) is 4.79 Å². The van der Waals surface area contributed by atoms with Gasteiger partial charge in [0, 0.05) is 6.54 Å². The molecule has 0 radical (unpaired) electrons. The van der Waals surface area contributed by atoms with Crippen LogP contribution in [0.25, 0.3) is 0 Å². The SMILES string of the molecule is N/N=C1\CCCNC1=O. The van der Waals surface area contributed by atoms with Crippen molar-refractivity contribution in [2.75, 3.05) is 6.54 Å². The van der Waals surface area contributed by atoms with Gasteiger partial charge in [0.15, 0.2) is 0 Å². The number of carbonyl (C=O) groups is 1. The van der Waals surface area contributed by atoms with E-state index in [-0.39, 0.29) is 5.91 Å². The third-order valence-electron chi connectivity index (χ3n) is 1.29. The minimum Gasteiger partial charge on any atom is -0.351 e. The van der Waals surface area contributed by atoms with Crippen LogP contribution in [0.2, 0.25) is 0 Å². The molecule has 1 aliphatic heterocycles. The summed E-state index contributed by atoms with van der Waals surface area (Å²) < 4.78 is 0. The van der Waals surface area contributed by atoms with E-state index in [2.05, 4.69) is 10.4 Å². The molecule has 0 unspecified atom stereocenters. The maximum Gasteiger partial charge on any atom is 0.267 e. The summed E-state index contributed by atoms with van der Waals surface area (Å²) in [6.07, 6.45) is 1.66. The van der Waals surface area contributed by atoms with Gasteiger partial charge in [-0.05, 0) is 12.8 Å². The fraction of sp³-hybridized carbons (Fsp3) is 0.600. The molecule has 1 saturated heterocycles. The Hall–Kier alpha value is -1.06. The van der Waals surface area contributed by atoms with Crippen LogP contribution in [0.4, 0.5) is 0 Å². The first-order chi connectivity index (χ1) is 4.34. The Bertz CT molecular complexity index is 152. The van der Waals surface area contributed by atoms with Crippen molar-refractivity contribution in [3.63, 3.8) is 0 Å². The second-order valence-corrected chi connectivity index (χ2v) is 1.94. The molecule has 1 aliphatic rings. The summed E-state index contributed by atoms with van der Waals surface area (Å²) in [5, 5.41) is 5.97. The number of hydrazone groups is 1. The Morgan fingerprint density at radius 1 is 1.67 bits per heavy atom. The van der Waals surface area contributed by atoms with E-state index >= 15 is 0 Å². The maximum atomic E-state index is 10.7. The number of piperidine rings is 1. The zero-order valence-electron chi connectivity index (χ0n) is 5.05. The van der Waals surface area contributed by atoms with Crippen LogP contribution in [0, 0.1) is 0 Å². The van der Waals surface area contributed by atoms with Crippen molar-refractivity contribution in [3.8, 4) is 0 Å². The van der Waals surface area contributed by atoms with Crippen molar-refractivity contribution in [2.45, 2.75) is 12.8 Å². The van der Waals surface area contributed by atoms with Gasteiger partial charge < -0.3 is 11.2 Å². The van der Waals surface area contributed by atoms with Gasteiger partial charge >= 0.3 is 0 Å². The molecular weight excluding hydrogens is 118 g/mol. The van der Waals surface area contributed by atoms with Gasteiger partial charge in [0.25, 0.3) is 5.91 Å². The van der Waals surface area contributed by atoms with Crippen molar-refractivity contribution < 1.29 is 4.79 Å². The lowest BCUT2D eigenvalue weighted by Gasteiger charge is -2.11. The van der Waals surface area contributed by atoms with E-state index in [9.17, 15) is 4.79 Å². The number of nitrogens with one attached hydrogen (secondary N) is 1. The number of rotatable bonds is 0. The first-order valence-corrected chi connectivity index (χ1v) is 2.89. The molecule has 1 heterocycles. The minimum absolute atomic E-state index is 0.122. The summed E-state index contributed by atoms with van der Waals surface area (Å²) in [7, 11) is 0. The van der Waals surface area contributed by atoms with Gasteiger partial charge in [0.1, 0.15) is 5.71 Å². The summed E-state index contributed by atoms with van der Waals surface area (Å²) in [5.41, 5.74) is 0.459. The van der Waals surface area contributed by atoms with Gasteiger partial charge in [-0.1, -0.05) is 0 Å². The molecule has 50 valence electrons. The van der Waals surface area contributed by atoms with E-state index in [0.29, 0.717) is 12.1 Å². The van der Waals surface area contributed by atoms with Crippen LogP contribution in [0.1, 0.15) is 12.8 Å². The van der Waals surface area contributed by atoms with Gasteiger partial charge in [-0.2, -0.15) is 5.10 Å². The average molecular weight is 127 g/mol. The van der Waals surface area contributed by atoms with E-state index < -0.39 is 0 Å². The van der Waals surface area contributed by atoms with Crippen molar-refractivity contribution >= 4 is 11.6 Å². The molecule has 0 aromatic heterocycles. The molecule has 1 amide bonds. The summed E-state index contributed by atoms with van der Waals surface area (Å²) >= 11 is 0. The summed E-state index contributed by atoms with van der Waals surface area (Å²) in [6, 6.07) is 0. The van der Waals surface area contributed by atoms with Crippen molar-refractivity contribution in [2.24, 2.45) is 10.9 Å².